The van der Waals surface area contributed by atoms with Gasteiger partial charge in [0, 0.05) is 19.5 Å². The van der Waals surface area contributed by atoms with E-state index in [1.807, 2.05) is 0 Å². The fourth-order valence-electron chi connectivity index (χ4n) is 1.72. The van der Waals surface area contributed by atoms with E-state index in [4.69, 9.17) is 16.1 Å². The molecule has 104 valence electrons. The van der Waals surface area contributed by atoms with E-state index in [1.165, 1.54) is 4.31 Å². The molecule has 1 rings (SSSR count). The largest absolute Gasteiger partial charge is 0.360 e. The van der Waals surface area contributed by atoms with Crippen molar-refractivity contribution in [2.45, 2.75) is 38.0 Å². The molecule has 0 aliphatic carbocycles. The number of nitrogens with zero attached hydrogens (tertiary/aromatic N) is 2. The number of hydrogen-bond acceptors (Lipinski definition) is 4. The van der Waals surface area contributed by atoms with Crippen molar-refractivity contribution < 1.29 is 12.9 Å². The summed E-state index contributed by atoms with van der Waals surface area (Å²) < 4.78 is 30.8. The second-order valence-electron chi connectivity index (χ2n) is 4.23. The summed E-state index contributed by atoms with van der Waals surface area (Å²) in [6.45, 7) is 3.71. The molecule has 18 heavy (non-hydrogen) atoms. The molecule has 0 saturated carbocycles. The van der Waals surface area contributed by atoms with Gasteiger partial charge in [0.15, 0.2) is 5.76 Å². The normalized spacial score (nSPS) is 12.3. The zero-order valence-corrected chi connectivity index (χ0v) is 12.5. The molecular formula is C11H19ClN2O3S. The van der Waals surface area contributed by atoms with Crippen molar-refractivity contribution in [1.29, 1.82) is 0 Å². The minimum atomic E-state index is -3.50. The lowest BCUT2D eigenvalue weighted by molar-refractivity contribution is 0.389. The average molecular weight is 295 g/mol. The van der Waals surface area contributed by atoms with Crippen LogP contribution in [-0.4, -0.2) is 37.4 Å². The quantitative estimate of drug-likeness (QED) is 0.572. The van der Waals surface area contributed by atoms with Crippen LogP contribution in [0.3, 0.4) is 0 Å². The third-order valence-electron chi connectivity index (χ3n) is 2.74. The second kappa shape index (κ2) is 6.54. The summed E-state index contributed by atoms with van der Waals surface area (Å²) in [5.41, 5.74) is 0.403. The predicted octanol–water partition coefficient (Wildman–Crippen LogP) is 2.32. The monoisotopic (exact) mass is 294 g/mol. The van der Waals surface area contributed by atoms with Crippen molar-refractivity contribution in [2.75, 3.05) is 19.5 Å². The highest BCUT2D eigenvalue weighted by atomic mass is 35.5. The maximum Gasteiger partial charge on any atom is 0.248 e. The Morgan fingerprint density at radius 1 is 1.28 bits per heavy atom. The number of hydrogen-bond donors (Lipinski definition) is 0. The third kappa shape index (κ3) is 3.46. The molecule has 5 nitrogen and oxygen atoms in total. The van der Waals surface area contributed by atoms with Crippen molar-refractivity contribution in [3.8, 4) is 0 Å². The molecule has 0 aliphatic rings. The highest BCUT2D eigenvalue weighted by Gasteiger charge is 2.27. The number of unbranched alkanes of at least 4 members (excludes halogenated alkanes) is 2. The Kier molecular flexibility index (Phi) is 5.62. The van der Waals surface area contributed by atoms with E-state index in [-0.39, 0.29) is 4.90 Å². The average Bonchev–Trinajstić information content (AvgIpc) is 2.64. The van der Waals surface area contributed by atoms with Crippen molar-refractivity contribution in [1.82, 2.24) is 9.46 Å². The van der Waals surface area contributed by atoms with Gasteiger partial charge in [0.1, 0.15) is 10.6 Å². The molecule has 7 heteroatoms. The van der Waals surface area contributed by atoms with Gasteiger partial charge in [-0.15, -0.1) is 11.6 Å². The van der Waals surface area contributed by atoms with Crippen LogP contribution >= 0.6 is 11.6 Å². The molecule has 0 bridgehead atoms. The molecule has 1 heterocycles. The maximum absolute atomic E-state index is 12.3. The van der Waals surface area contributed by atoms with Gasteiger partial charge < -0.3 is 4.52 Å². The van der Waals surface area contributed by atoms with Crippen LogP contribution in [0.15, 0.2) is 9.42 Å². The molecule has 0 radical (unpaired) electrons. The van der Waals surface area contributed by atoms with Gasteiger partial charge >= 0.3 is 0 Å². The number of aryl methyl sites for hydroxylation is 2. The number of halogens is 1. The third-order valence-corrected chi connectivity index (χ3v) is 5.11. The number of alkyl halides is 1. The molecule has 1 aromatic rings. The van der Waals surface area contributed by atoms with E-state index < -0.39 is 10.0 Å². The first-order valence-corrected chi connectivity index (χ1v) is 7.84. The fourth-order valence-corrected chi connectivity index (χ4v) is 3.41. The van der Waals surface area contributed by atoms with E-state index in [1.54, 1.807) is 20.9 Å². The van der Waals surface area contributed by atoms with Gasteiger partial charge in [0.2, 0.25) is 10.0 Å². The summed E-state index contributed by atoms with van der Waals surface area (Å²) in [4.78, 5) is 0.183. The summed E-state index contributed by atoms with van der Waals surface area (Å²) in [6, 6.07) is 0. The highest BCUT2D eigenvalue weighted by molar-refractivity contribution is 7.89. The lowest BCUT2D eigenvalue weighted by Crippen LogP contribution is -2.28. The molecule has 0 unspecified atom stereocenters. The minimum Gasteiger partial charge on any atom is -0.360 e. The van der Waals surface area contributed by atoms with Crippen LogP contribution < -0.4 is 0 Å². The van der Waals surface area contributed by atoms with Crippen LogP contribution in [0.5, 0.6) is 0 Å². The summed E-state index contributed by atoms with van der Waals surface area (Å²) in [5.74, 6) is 0.945. The van der Waals surface area contributed by atoms with Gasteiger partial charge in [0.05, 0.1) is 0 Å². The predicted molar refractivity (Wildman–Crippen MR) is 70.4 cm³/mol. The summed E-state index contributed by atoms with van der Waals surface area (Å²) in [6.07, 6.45) is 2.62. The topological polar surface area (TPSA) is 63.4 Å². The van der Waals surface area contributed by atoms with Crippen LogP contribution in [0.25, 0.3) is 0 Å². The SMILES string of the molecule is Cc1noc(C)c1S(=O)(=O)N(C)CCCCCCl. The molecule has 0 atom stereocenters. The molecule has 0 aliphatic heterocycles. The van der Waals surface area contributed by atoms with Gasteiger partial charge in [-0.2, -0.15) is 0 Å². The lowest BCUT2D eigenvalue weighted by atomic mass is 10.2. The van der Waals surface area contributed by atoms with Gasteiger partial charge in [-0.3, -0.25) is 0 Å². The highest BCUT2D eigenvalue weighted by Crippen LogP contribution is 2.22. The van der Waals surface area contributed by atoms with Crippen LogP contribution in [0.4, 0.5) is 0 Å². The molecule has 0 aromatic carbocycles. The van der Waals surface area contributed by atoms with Gasteiger partial charge in [-0.25, -0.2) is 12.7 Å². The number of rotatable bonds is 7. The minimum absolute atomic E-state index is 0.183. The molecule has 0 N–H and O–H groups in total. The molecule has 0 saturated heterocycles. The molecule has 0 amide bonds. The Labute approximate surface area is 113 Å². The Hall–Kier alpha value is -0.590. The van der Waals surface area contributed by atoms with Crippen molar-refractivity contribution >= 4 is 21.6 Å². The smallest absolute Gasteiger partial charge is 0.248 e. The van der Waals surface area contributed by atoms with Crippen LogP contribution in [-0.2, 0) is 10.0 Å². The Morgan fingerprint density at radius 2 is 1.94 bits per heavy atom. The van der Waals surface area contributed by atoms with Gasteiger partial charge in [-0.05, 0) is 26.7 Å². The zero-order valence-electron chi connectivity index (χ0n) is 10.9. The van der Waals surface area contributed by atoms with Crippen molar-refractivity contribution in [3.05, 3.63) is 11.5 Å². The first-order valence-electron chi connectivity index (χ1n) is 5.86. The summed E-state index contributed by atoms with van der Waals surface area (Å²) >= 11 is 5.58. The Balaban J connectivity index is 2.75. The van der Waals surface area contributed by atoms with Crippen LogP contribution in [0.2, 0.25) is 0 Å². The molecule has 0 fully saturated rings. The second-order valence-corrected chi connectivity index (χ2v) is 6.59. The van der Waals surface area contributed by atoms with E-state index >= 15 is 0 Å². The van der Waals surface area contributed by atoms with Gasteiger partial charge in [0.25, 0.3) is 0 Å². The number of sulfonamides is 1. The fraction of sp³-hybridized carbons (Fsp3) is 0.727. The van der Waals surface area contributed by atoms with E-state index in [9.17, 15) is 8.42 Å². The Bertz CT molecular complexity index is 465. The summed E-state index contributed by atoms with van der Waals surface area (Å²) in [5, 5.41) is 3.68. The van der Waals surface area contributed by atoms with E-state index in [0.29, 0.717) is 23.9 Å². The van der Waals surface area contributed by atoms with Crippen LogP contribution in [0, 0.1) is 13.8 Å². The van der Waals surface area contributed by atoms with Crippen molar-refractivity contribution in [3.63, 3.8) is 0 Å². The van der Waals surface area contributed by atoms with Crippen molar-refractivity contribution in [2.24, 2.45) is 0 Å². The lowest BCUT2D eigenvalue weighted by Gasteiger charge is -2.16. The first-order chi connectivity index (χ1) is 8.41. The molecular weight excluding hydrogens is 276 g/mol. The maximum atomic E-state index is 12.3. The molecule has 1 aromatic heterocycles. The standard InChI is InChI=1S/C11H19ClN2O3S/c1-9-11(10(2)17-13-9)18(15,16)14(3)8-6-4-5-7-12/h4-8H2,1-3H3. The van der Waals surface area contributed by atoms with E-state index in [2.05, 4.69) is 5.16 Å². The number of aromatic nitrogens is 1. The molecule has 0 spiro atoms. The van der Waals surface area contributed by atoms with Crippen LogP contribution in [0.1, 0.15) is 30.7 Å². The zero-order chi connectivity index (χ0) is 13.8. The first kappa shape index (κ1) is 15.5. The Morgan fingerprint density at radius 3 is 2.44 bits per heavy atom. The summed E-state index contributed by atoms with van der Waals surface area (Å²) in [7, 11) is -1.93. The van der Waals surface area contributed by atoms with E-state index in [0.717, 1.165) is 19.3 Å². The van der Waals surface area contributed by atoms with Gasteiger partial charge in [-0.1, -0.05) is 11.6 Å².